The van der Waals surface area contributed by atoms with E-state index in [4.69, 9.17) is 9.47 Å². The normalized spacial score (nSPS) is 22.7. The fourth-order valence-corrected chi connectivity index (χ4v) is 4.34. The number of nitrogens with zero attached hydrogens (tertiary/aromatic N) is 3. The first-order chi connectivity index (χ1) is 13.2. The van der Waals surface area contributed by atoms with Gasteiger partial charge in [-0.25, -0.2) is 9.59 Å². The summed E-state index contributed by atoms with van der Waals surface area (Å²) in [4.78, 5) is 42.2. The molecule has 158 valence electrons. The number of urea groups is 1. The number of likely N-dealkylation sites (N-methyl/N-ethyl adjacent to an activating group) is 1. The number of methoxy groups -OCH3 is 1. The number of ether oxygens (including phenoxy) is 2. The molecule has 0 aromatic heterocycles. The molecule has 2 heterocycles. The third kappa shape index (κ3) is 4.16. The van der Waals surface area contributed by atoms with E-state index in [0.29, 0.717) is 39.1 Å². The fourth-order valence-electron chi connectivity index (χ4n) is 4.34. The summed E-state index contributed by atoms with van der Waals surface area (Å²) in [7, 11) is 2.97. The van der Waals surface area contributed by atoms with Crippen molar-refractivity contribution in [2.24, 2.45) is 5.92 Å². The van der Waals surface area contributed by atoms with E-state index in [0.717, 1.165) is 0 Å². The highest BCUT2D eigenvalue weighted by molar-refractivity contribution is 5.87. The molecule has 0 unspecified atom stereocenters. The summed E-state index contributed by atoms with van der Waals surface area (Å²) < 4.78 is 11.0. The van der Waals surface area contributed by atoms with Gasteiger partial charge in [-0.2, -0.15) is 0 Å². The summed E-state index contributed by atoms with van der Waals surface area (Å²) >= 11 is 0. The van der Waals surface area contributed by atoms with Crippen molar-refractivity contribution in [3.63, 3.8) is 0 Å². The van der Waals surface area contributed by atoms with Crippen molar-refractivity contribution in [2.75, 3.05) is 40.4 Å². The van der Waals surface area contributed by atoms with Gasteiger partial charge in [0.1, 0.15) is 6.04 Å². The molecule has 2 saturated heterocycles. The molecule has 3 amide bonds. The molecule has 8 heteroatoms. The highest BCUT2D eigenvalue weighted by Gasteiger charge is 2.47. The Kier molecular flexibility index (Phi) is 7.09. The lowest BCUT2D eigenvalue weighted by atomic mass is 9.82. The molecular weight excluding hydrogens is 362 g/mol. The van der Waals surface area contributed by atoms with Gasteiger partial charge in [0.2, 0.25) is 5.91 Å². The molecule has 2 atom stereocenters. The number of rotatable bonds is 4. The molecule has 0 bridgehead atoms. The van der Waals surface area contributed by atoms with E-state index in [1.54, 1.807) is 16.8 Å². The molecule has 0 aromatic rings. The average molecular weight is 396 g/mol. The first-order valence-corrected chi connectivity index (χ1v) is 9.85. The largest absolute Gasteiger partial charge is 0.467 e. The second kappa shape index (κ2) is 8.94. The Bertz CT molecular complexity index is 613. The van der Waals surface area contributed by atoms with E-state index in [2.05, 4.69) is 6.58 Å². The van der Waals surface area contributed by atoms with Crippen LogP contribution in [0.15, 0.2) is 12.7 Å². The van der Waals surface area contributed by atoms with Gasteiger partial charge in [0, 0.05) is 26.7 Å². The summed E-state index contributed by atoms with van der Waals surface area (Å²) in [6, 6.07) is -0.902. The van der Waals surface area contributed by atoms with Crippen LogP contribution >= 0.6 is 0 Å². The lowest BCUT2D eigenvalue weighted by molar-refractivity contribution is -0.173. The molecular formula is C20H33N3O5. The van der Waals surface area contributed by atoms with Crippen LogP contribution in [0.2, 0.25) is 0 Å². The number of carbonyl (C=O) groups is 3. The molecule has 2 fully saturated rings. The van der Waals surface area contributed by atoms with Crippen molar-refractivity contribution < 1.29 is 23.9 Å². The summed E-state index contributed by atoms with van der Waals surface area (Å²) in [5.41, 5.74) is -0.452. The summed E-state index contributed by atoms with van der Waals surface area (Å²) in [5.74, 6) is -0.564. The molecule has 8 nitrogen and oxygen atoms in total. The third-order valence-electron chi connectivity index (χ3n) is 6.08. The van der Waals surface area contributed by atoms with Gasteiger partial charge in [0.15, 0.2) is 0 Å². The lowest BCUT2D eigenvalue weighted by Crippen LogP contribution is -2.64. The van der Waals surface area contributed by atoms with Crippen molar-refractivity contribution >= 4 is 17.9 Å². The number of amides is 3. The minimum absolute atomic E-state index is 0.0577. The van der Waals surface area contributed by atoms with Gasteiger partial charge < -0.3 is 24.2 Å². The maximum Gasteiger partial charge on any atom is 0.328 e. The second-order valence-electron chi connectivity index (χ2n) is 7.92. The van der Waals surface area contributed by atoms with Gasteiger partial charge in [-0.05, 0) is 31.8 Å². The van der Waals surface area contributed by atoms with Crippen LogP contribution in [-0.2, 0) is 19.1 Å². The van der Waals surface area contributed by atoms with Crippen molar-refractivity contribution in [3.8, 4) is 0 Å². The van der Waals surface area contributed by atoms with Gasteiger partial charge in [-0.1, -0.05) is 20.4 Å². The second-order valence-corrected chi connectivity index (χ2v) is 7.92. The van der Waals surface area contributed by atoms with Crippen molar-refractivity contribution in [2.45, 2.75) is 51.3 Å². The quantitative estimate of drug-likeness (QED) is 0.532. The first-order valence-electron chi connectivity index (χ1n) is 9.85. The minimum atomic E-state index is -0.626. The van der Waals surface area contributed by atoms with Crippen molar-refractivity contribution in [1.82, 2.24) is 14.7 Å². The smallest absolute Gasteiger partial charge is 0.328 e. The van der Waals surface area contributed by atoms with Crippen LogP contribution in [0, 0.1) is 5.92 Å². The standard InChI is InChI=1S/C20H33N3O5/c1-7-16(24)23-12-13-28-20(15(23)4)8-10-22(11-9-20)19(26)21(5)17(14(2)3)18(25)27-6/h7,14-15,17H,1,8-13H2,2-6H3/t15-,17+/m1/s1. The van der Waals surface area contributed by atoms with Crippen LogP contribution < -0.4 is 0 Å². The molecule has 0 aliphatic carbocycles. The van der Waals surface area contributed by atoms with E-state index in [1.165, 1.54) is 18.1 Å². The molecule has 2 aliphatic heterocycles. The number of morpholine rings is 1. The lowest BCUT2D eigenvalue weighted by Gasteiger charge is -2.52. The predicted molar refractivity (Wildman–Crippen MR) is 105 cm³/mol. The van der Waals surface area contributed by atoms with Crippen molar-refractivity contribution in [3.05, 3.63) is 12.7 Å². The van der Waals surface area contributed by atoms with Crippen LogP contribution in [0.25, 0.3) is 0 Å². The monoisotopic (exact) mass is 395 g/mol. The molecule has 1 spiro atoms. The highest BCUT2D eigenvalue weighted by atomic mass is 16.5. The Morgan fingerprint density at radius 3 is 2.36 bits per heavy atom. The topological polar surface area (TPSA) is 79.4 Å². The Morgan fingerprint density at radius 1 is 1.25 bits per heavy atom. The van der Waals surface area contributed by atoms with E-state index in [-0.39, 0.29) is 23.9 Å². The number of hydrogen-bond acceptors (Lipinski definition) is 5. The molecule has 0 N–H and O–H groups in total. The molecule has 28 heavy (non-hydrogen) atoms. The number of esters is 1. The number of hydrogen-bond donors (Lipinski definition) is 0. The average Bonchev–Trinajstić information content (AvgIpc) is 2.69. The van der Waals surface area contributed by atoms with Gasteiger partial charge in [-0.15, -0.1) is 0 Å². The molecule has 2 aliphatic rings. The number of piperidine rings is 1. The Balaban J connectivity index is 2.06. The van der Waals surface area contributed by atoms with Gasteiger partial charge in [0.25, 0.3) is 0 Å². The van der Waals surface area contributed by atoms with Gasteiger partial charge >= 0.3 is 12.0 Å². The Labute approximate surface area is 167 Å². The Morgan fingerprint density at radius 2 is 1.86 bits per heavy atom. The van der Waals surface area contributed by atoms with E-state index >= 15 is 0 Å². The molecule has 2 rings (SSSR count). The van der Waals surface area contributed by atoms with Crippen LogP contribution in [0.4, 0.5) is 4.79 Å². The molecule has 0 aromatic carbocycles. The van der Waals surface area contributed by atoms with E-state index in [9.17, 15) is 14.4 Å². The zero-order valence-corrected chi connectivity index (χ0v) is 17.6. The minimum Gasteiger partial charge on any atom is -0.467 e. The van der Waals surface area contributed by atoms with E-state index < -0.39 is 17.6 Å². The zero-order valence-electron chi connectivity index (χ0n) is 17.6. The number of likely N-dealkylation sites (tertiary alicyclic amines) is 1. The van der Waals surface area contributed by atoms with Gasteiger partial charge in [-0.3, -0.25) is 4.79 Å². The molecule has 0 radical (unpaired) electrons. The van der Waals surface area contributed by atoms with Crippen LogP contribution in [0.3, 0.4) is 0 Å². The Hall–Kier alpha value is -2.09. The third-order valence-corrected chi connectivity index (χ3v) is 6.08. The molecule has 0 saturated carbocycles. The summed E-state index contributed by atoms with van der Waals surface area (Å²) in [6.45, 7) is 11.4. The van der Waals surface area contributed by atoms with Crippen molar-refractivity contribution in [1.29, 1.82) is 0 Å². The van der Waals surface area contributed by atoms with E-state index in [1.807, 2.05) is 20.8 Å². The van der Waals surface area contributed by atoms with Crippen LogP contribution in [-0.4, -0.2) is 90.7 Å². The van der Waals surface area contributed by atoms with Crippen LogP contribution in [0.1, 0.15) is 33.6 Å². The van der Waals surface area contributed by atoms with Crippen LogP contribution in [0.5, 0.6) is 0 Å². The highest BCUT2D eigenvalue weighted by Crippen LogP contribution is 2.35. The maximum atomic E-state index is 13.0. The van der Waals surface area contributed by atoms with Gasteiger partial charge in [0.05, 0.1) is 25.4 Å². The maximum absolute atomic E-state index is 13.0. The summed E-state index contributed by atoms with van der Waals surface area (Å²) in [6.07, 6.45) is 2.61. The predicted octanol–water partition coefficient (Wildman–Crippen LogP) is 1.50. The fraction of sp³-hybridized carbons (Fsp3) is 0.750. The summed E-state index contributed by atoms with van der Waals surface area (Å²) in [5, 5.41) is 0. The SMILES string of the molecule is C=CC(=O)N1CCOC2(CCN(C(=O)N(C)[C@H](C(=O)OC)C(C)C)CC2)[C@H]1C. The number of carbonyl (C=O) groups excluding carboxylic acids is 3. The zero-order chi connectivity index (χ0) is 21.1. The first kappa shape index (κ1) is 22.2.